The second-order valence-electron chi connectivity index (χ2n) is 3.83. The van der Waals surface area contributed by atoms with Gasteiger partial charge in [-0.05, 0) is 24.1 Å². The Morgan fingerprint density at radius 3 is 2.67 bits per heavy atom. The Balaban J connectivity index is 2.78. The number of benzene rings is 1. The molecule has 0 unspecified atom stereocenters. The molecule has 0 aliphatic rings. The van der Waals surface area contributed by atoms with Crippen molar-refractivity contribution in [3.8, 4) is 0 Å². The van der Waals surface area contributed by atoms with E-state index in [1.807, 2.05) is 0 Å². The largest absolute Gasteiger partial charge is 0.385 e. The fourth-order valence-electron chi connectivity index (χ4n) is 1.15. The first-order valence-corrected chi connectivity index (χ1v) is 5.21. The van der Waals surface area contributed by atoms with Gasteiger partial charge in [0.05, 0.1) is 10.6 Å². The highest BCUT2D eigenvalue weighted by Gasteiger charge is 2.06. The van der Waals surface area contributed by atoms with E-state index in [2.05, 4.69) is 19.2 Å². The molecule has 0 spiro atoms. The Bertz CT molecular complexity index is 364. The first-order valence-electron chi connectivity index (χ1n) is 4.84. The van der Waals surface area contributed by atoms with E-state index in [4.69, 9.17) is 17.3 Å². The van der Waals surface area contributed by atoms with Crippen molar-refractivity contribution in [1.82, 2.24) is 0 Å². The van der Waals surface area contributed by atoms with Crippen molar-refractivity contribution in [1.29, 1.82) is 0 Å². The molecule has 0 fully saturated rings. The Morgan fingerprint density at radius 1 is 1.53 bits per heavy atom. The van der Waals surface area contributed by atoms with E-state index in [1.54, 1.807) is 18.2 Å². The molecule has 1 aromatic carbocycles. The van der Waals surface area contributed by atoms with Gasteiger partial charge in [0.1, 0.15) is 0 Å². The molecule has 1 amide bonds. The van der Waals surface area contributed by atoms with Crippen molar-refractivity contribution in [3.05, 3.63) is 28.8 Å². The van der Waals surface area contributed by atoms with Crippen LogP contribution < -0.4 is 11.1 Å². The van der Waals surface area contributed by atoms with Gasteiger partial charge in [0, 0.05) is 12.2 Å². The minimum Gasteiger partial charge on any atom is -0.385 e. The summed E-state index contributed by atoms with van der Waals surface area (Å²) in [5.41, 5.74) is 6.40. The summed E-state index contributed by atoms with van der Waals surface area (Å²) in [4.78, 5) is 10.9. The van der Waals surface area contributed by atoms with Crippen molar-refractivity contribution in [2.24, 2.45) is 11.7 Å². The average Bonchev–Trinajstić information content (AvgIpc) is 2.14. The molecule has 3 nitrogen and oxygen atoms in total. The van der Waals surface area contributed by atoms with E-state index in [-0.39, 0.29) is 0 Å². The summed E-state index contributed by atoms with van der Waals surface area (Å²) in [5.74, 6) is 0.0509. The zero-order chi connectivity index (χ0) is 11.4. The van der Waals surface area contributed by atoms with Crippen molar-refractivity contribution < 1.29 is 4.79 Å². The molecule has 82 valence electrons. The fourth-order valence-corrected chi connectivity index (χ4v) is 1.42. The topological polar surface area (TPSA) is 55.1 Å². The van der Waals surface area contributed by atoms with Gasteiger partial charge in [-0.15, -0.1) is 0 Å². The van der Waals surface area contributed by atoms with Gasteiger partial charge in [0.2, 0.25) is 5.91 Å². The molecule has 0 aromatic heterocycles. The standard InChI is InChI=1S/C11H15ClN2O/c1-7(2)6-14-8-3-4-9(11(13)15)10(12)5-8/h3-5,7,14H,6H2,1-2H3,(H2,13,15). The Kier molecular flexibility index (Phi) is 3.97. The number of hydrogen-bond acceptors (Lipinski definition) is 2. The Labute approximate surface area is 94.6 Å². The lowest BCUT2D eigenvalue weighted by molar-refractivity contribution is 0.100. The summed E-state index contributed by atoms with van der Waals surface area (Å²) in [6.45, 7) is 5.10. The molecule has 0 saturated heterocycles. The van der Waals surface area contributed by atoms with Crippen molar-refractivity contribution in [2.45, 2.75) is 13.8 Å². The monoisotopic (exact) mass is 226 g/mol. The highest BCUT2D eigenvalue weighted by Crippen LogP contribution is 2.20. The number of amides is 1. The Hall–Kier alpha value is -1.22. The molecule has 0 saturated carbocycles. The normalized spacial score (nSPS) is 10.4. The van der Waals surface area contributed by atoms with Crippen LogP contribution in [0.5, 0.6) is 0 Å². The maximum atomic E-state index is 10.9. The van der Waals surface area contributed by atoms with Crippen LogP contribution in [0.4, 0.5) is 5.69 Å². The highest BCUT2D eigenvalue weighted by molar-refractivity contribution is 6.34. The van der Waals surface area contributed by atoms with Crippen LogP contribution in [0.3, 0.4) is 0 Å². The van der Waals surface area contributed by atoms with E-state index in [0.717, 1.165) is 12.2 Å². The third kappa shape index (κ3) is 3.44. The molecule has 0 atom stereocenters. The summed E-state index contributed by atoms with van der Waals surface area (Å²) >= 11 is 5.90. The van der Waals surface area contributed by atoms with Gasteiger partial charge in [-0.1, -0.05) is 25.4 Å². The number of nitrogens with two attached hydrogens (primary N) is 1. The quantitative estimate of drug-likeness (QED) is 0.829. The second-order valence-corrected chi connectivity index (χ2v) is 4.24. The van der Waals surface area contributed by atoms with Gasteiger partial charge in [-0.2, -0.15) is 0 Å². The van der Waals surface area contributed by atoms with E-state index in [0.29, 0.717) is 16.5 Å². The lowest BCUT2D eigenvalue weighted by Crippen LogP contribution is -2.12. The number of carbonyl (C=O) groups excluding carboxylic acids is 1. The van der Waals surface area contributed by atoms with Gasteiger partial charge in [0.25, 0.3) is 0 Å². The van der Waals surface area contributed by atoms with E-state index in [9.17, 15) is 4.79 Å². The molecule has 0 heterocycles. The van der Waals surface area contributed by atoms with Crippen molar-refractivity contribution >= 4 is 23.2 Å². The van der Waals surface area contributed by atoms with E-state index >= 15 is 0 Å². The highest BCUT2D eigenvalue weighted by atomic mass is 35.5. The predicted molar refractivity (Wildman–Crippen MR) is 63.3 cm³/mol. The number of anilines is 1. The summed E-state index contributed by atoms with van der Waals surface area (Å²) in [6, 6.07) is 5.14. The van der Waals surface area contributed by atoms with Gasteiger partial charge in [0.15, 0.2) is 0 Å². The smallest absolute Gasteiger partial charge is 0.250 e. The molecular weight excluding hydrogens is 212 g/mol. The summed E-state index contributed by atoms with van der Waals surface area (Å²) < 4.78 is 0. The van der Waals surface area contributed by atoms with Crippen LogP contribution in [0, 0.1) is 5.92 Å². The fraction of sp³-hybridized carbons (Fsp3) is 0.364. The van der Waals surface area contributed by atoms with E-state index < -0.39 is 5.91 Å². The van der Waals surface area contributed by atoms with Gasteiger partial charge in [-0.3, -0.25) is 4.79 Å². The van der Waals surface area contributed by atoms with Crippen molar-refractivity contribution in [2.75, 3.05) is 11.9 Å². The third-order valence-corrected chi connectivity index (χ3v) is 2.26. The summed E-state index contributed by atoms with van der Waals surface area (Å²) in [5, 5.41) is 3.60. The summed E-state index contributed by atoms with van der Waals surface area (Å²) in [7, 11) is 0. The molecule has 4 heteroatoms. The zero-order valence-electron chi connectivity index (χ0n) is 8.88. The van der Waals surface area contributed by atoms with Gasteiger partial charge < -0.3 is 11.1 Å². The minimum absolute atomic E-state index is 0.353. The molecule has 3 N–H and O–H groups in total. The molecule has 0 aliphatic heterocycles. The third-order valence-electron chi connectivity index (χ3n) is 1.95. The number of primary amides is 1. The number of halogens is 1. The van der Waals surface area contributed by atoms with Gasteiger partial charge >= 0.3 is 0 Å². The molecule has 1 aromatic rings. The maximum Gasteiger partial charge on any atom is 0.250 e. The van der Waals surface area contributed by atoms with Gasteiger partial charge in [-0.25, -0.2) is 0 Å². The van der Waals surface area contributed by atoms with E-state index in [1.165, 1.54) is 0 Å². The SMILES string of the molecule is CC(C)CNc1ccc(C(N)=O)c(Cl)c1. The number of carbonyl (C=O) groups is 1. The van der Waals surface area contributed by atoms with Crippen molar-refractivity contribution in [3.63, 3.8) is 0 Å². The van der Waals surface area contributed by atoms with Crippen LogP contribution in [-0.4, -0.2) is 12.5 Å². The van der Waals surface area contributed by atoms with Crippen LogP contribution in [0.1, 0.15) is 24.2 Å². The van der Waals surface area contributed by atoms with Crippen LogP contribution in [0.25, 0.3) is 0 Å². The Morgan fingerprint density at radius 2 is 2.20 bits per heavy atom. The molecular formula is C11H15ClN2O. The lowest BCUT2D eigenvalue weighted by atomic mass is 10.2. The first-order chi connectivity index (χ1) is 7.00. The molecule has 1 rings (SSSR count). The number of rotatable bonds is 4. The van der Waals surface area contributed by atoms with Crippen LogP contribution >= 0.6 is 11.6 Å². The number of hydrogen-bond donors (Lipinski definition) is 2. The lowest BCUT2D eigenvalue weighted by Gasteiger charge is -2.10. The maximum absolute atomic E-state index is 10.9. The second kappa shape index (κ2) is 5.03. The summed E-state index contributed by atoms with van der Waals surface area (Å²) in [6.07, 6.45) is 0. The van der Waals surface area contributed by atoms with Crippen LogP contribution in [-0.2, 0) is 0 Å². The zero-order valence-corrected chi connectivity index (χ0v) is 9.64. The molecule has 0 bridgehead atoms. The minimum atomic E-state index is -0.504. The van der Waals surface area contributed by atoms with Crippen LogP contribution in [0.15, 0.2) is 18.2 Å². The molecule has 0 aliphatic carbocycles. The molecule has 0 radical (unpaired) electrons. The number of nitrogens with one attached hydrogen (secondary N) is 1. The average molecular weight is 227 g/mol. The predicted octanol–water partition coefficient (Wildman–Crippen LogP) is 2.51. The van der Waals surface area contributed by atoms with Crippen LogP contribution in [0.2, 0.25) is 5.02 Å². The first kappa shape index (κ1) is 11.9. The molecule has 15 heavy (non-hydrogen) atoms.